The molecule has 0 saturated carbocycles. The van der Waals surface area contributed by atoms with Crippen molar-refractivity contribution in [3.8, 4) is 0 Å². The molecule has 0 aromatic carbocycles. The molecule has 0 bridgehead atoms. The van der Waals surface area contributed by atoms with Crippen LogP contribution in [0.15, 0.2) is 0 Å². The van der Waals surface area contributed by atoms with E-state index in [1.807, 2.05) is 20.8 Å². The maximum absolute atomic E-state index is 11.7. The van der Waals surface area contributed by atoms with Gasteiger partial charge in [-0.15, -0.1) is 0 Å². The molecule has 0 aromatic heterocycles. The number of amides is 2. The van der Waals surface area contributed by atoms with Gasteiger partial charge in [-0.25, -0.2) is 13.2 Å². The van der Waals surface area contributed by atoms with Gasteiger partial charge in [-0.1, -0.05) is 20.8 Å². The molecule has 1 aliphatic rings. The highest BCUT2D eigenvalue weighted by Crippen LogP contribution is 2.11. The van der Waals surface area contributed by atoms with Crippen LogP contribution >= 0.6 is 0 Å². The lowest BCUT2D eigenvalue weighted by atomic mass is 9.97. The largest absolute Gasteiger partial charge is 0.337 e. The Morgan fingerprint density at radius 3 is 2.19 bits per heavy atom. The summed E-state index contributed by atoms with van der Waals surface area (Å²) in [6.07, 6.45) is 0. The quantitative estimate of drug-likeness (QED) is 0.733. The third kappa shape index (κ3) is 4.38. The number of hydrogen-bond donors (Lipinski definition) is 1. The summed E-state index contributed by atoms with van der Waals surface area (Å²) in [7, 11) is -2.91. The number of sulfone groups is 1. The molecule has 2 amide bonds. The van der Waals surface area contributed by atoms with Crippen molar-refractivity contribution in [3.63, 3.8) is 0 Å². The summed E-state index contributed by atoms with van der Waals surface area (Å²) in [6.45, 7) is 7.31. The summed E-state index contributed by atoms with van der Waals surface area (Å²) in [5, 5.41) is 2.81. The number of hydrogen-bond acceptors (Lipinski definition) is 3. The van der Waals surface area contributed by atoms with Gasteiger partial charge in [0.2, 0.25) is 0 Å². The molecule has 1 aliphatic heterocycles. The number of nitrogens with zero attached hydrogens (tertiary/aromatic N) is 1. The van der Waals surface area contributed by atoms with E-state index in [1.165, 1.54) is 0 Å². The Bertz CT molecular complexity index is 343. The summed E-state index contributed by atoms with van der Waals surface area (Å²) >= 11 is 0. The van der Waals surface area contributed by atoms with Crippen LogP contribution in [0.5, 0.6) is 0 Å². The zero-order chi connectivity index (χ0) is 12.4. The van der Waals surface area contributed by atoms with E-state index in [4.69, 9.17) is 0 Å². The van der Waals surface area contributed by atoms with Gasteiger partial charge in [0.05, 0.1) is 11.5 Å². The van der Waals surface area contributed by atoms with Crippen molar-refractivity contribution in [2.24, 2.45) is 5.41 Å². The van der Waals surface area contributed by atoms with Crippen LogP contribution in [0.1, 0.15) is 20.8 Å². The van der Waals surface area contributed by atoms with Gasteiger partial charge in [-0.3, -0.25) is 0 Å². The number of urea groups is 1. The lowest BCUT2D eigenvalue weighted by Gasteiger charge is -2.28. The molecule has 1 heterocycles. The third-order valence-corrected chi connectivity index (χ3v) is 4.01. The van der Waals surface area contributed by atoms with Crippen LogP contribution in [0, 0.1) is 5.41 Å². The first-order valence-electron chi connectivity index (χ1n) is 5.43. The molecule has 0 aliphatic carbocycles. The second kappa shape index (κ2) is 4.61. The Morgan fingerprint density at radius 1 is 1.25 bits per heavy atom. The predicted molar refractivity (Wildman–Crippen MR) is 63.1 cm³/mol. The lowest BCUT2D eigenvalue weighted by Crippen LogP contribution is -2.49. The van der Waals surface area contributed by atoms with Crippen molar-refractivity contribution in [3.05, 3.63) is 0 Å². The Morgan fingerprint density at radius 2 is 1.75 bits per heavy atom. The highest BCUT2D eigenvalue weighted by Gasteiger charge is 2.25. The maximum Gasteiger partial charge on any atom is 0.317 e. The molecule has 1 saturated heterocycles. The van der Waals surface area contributed by atoms with E-state index in [9.17, 15) is 13.2 Å². The Kier molecular flexibility index (Phi) is 3.83. The average molecular weight is 248 g/mol. The zero-order valence-electron chi connectivity index (χ0n) is 10.1. The van der Waals surface area contributed by atoms with E-state index in [2.05, 4.69) is 5.32 Å². The highest BCUT2D eigenvalue weighted by molar-refractivity contribution is 7.91. The number of carbonyl (C=O) groups excluding carboxylic acids is 1. The fourth-order valence-electron chi connectivity index (χ4n) is 1.37. The molecular weight excluding hydrogens is 228 g/mol. The molecule has 0 aromatic rings. The van der Waals surface area contributed by atoms with Crippen molar-refractivity contribution in [2.75, 3.05) is 31.1 Å². The highest BCUT2D eigenvalue weighted by atomic mass is 32.2. The third-order valence-electron chi connectivity index (χ3n) is 2.40. The van der Waals surface area contributed by atoms with E-state index < -0.39 is 9.84 Å². The molecule has 0 spiro atoms. The first-order chi connectivity index (χ1) is 7.20. The van der Waals surface area contributed by atoms with E-state index >= 15 is 0 Å². The van der Waals surface area contributed by atoms with Crippen molar-refractivity contribution in [1.82, 2.24) is 10.2 Å². The molecule has 1 rings (SSSR count). The predicted octanol–water partition coefficient (Wildman–Crippen LogP) is 0.472. The smallest absolute Gasteiger partial charge is 0.317 e. The summed E-state index contributed by atoms with van der Waals surface area (Å²) in [6, 6.07) is -0.162. The first-order valence-corrected chi connectivity index (χ1v) is 7.25. The van der Waals surface area contributed by atoms with E-state index in [0.717, 1.165) is 0 Å². The van der Waals surface area contributed by atoms with E-state index in [-0.39, 0.29) is 23.0 Å². The summed E-state index contributed by atoms with van der Waals surface area (Å²) in [5.74, 6) is 0.159. The summed E-state index contributed by atoms with van der Waals surface area (Å²) in [5.41, 5.74) is 0.0392. The van der Waals surface area contributed by atoms with E-state index in [1.54, 1.807) is 4.90 Å². The van der Waals surface area contributed by atoms with Crippen LogP contribution in [0.25, 0.3) is 0 Å². The van der Waals surface area contributed by atoms with Crippen molar-refractivity contribution in [2.45, 2.75) is 20.8 Å². The van der Waals surface area contributed by atoms with Gasteiger partial charge < -0.3 is 10.2 Å². The normalized spacial score (nSPS) is 20.6. The number of carbonyl (C=O) groups is 1. The van der Waals surface area contributed by atoms with Crippen LogP contribution in [-0.2, 0) is 9.84 Å². The van der Waals surface area contributed by atoms with Gasteiger partial charge in [0, 0.05) is 19.6 Å². The minimum absolute atomic E-state index is 0.0392. The molecule has 16 heavy (non-hydrogen) atoms. The molecule has 94 valence electrons. The fourth-order valence-corrected chi connectivity index (χ4v) is 2.57. The minimum Gasteiger partial charge on any atom is -0.337 e. The molecule has 5 nitrogen and oxygen atoms in total. The second-order valence-corrected chi connectivity index (χ2v) is 7.66. The van der Waals surface area contributed by atoms with Gasteiger partial charge in [0.25, 0.3) is 0 Å². The van der Waals surface area contributed by atoms with Gasteiger partial charge in [-0.2, -0.15) is 0 Å². The zero-order valence-corrected chi connectivity index (χ0v) is 10.9. The second-order valence-electron chi connectivity index (χ2n) is 5.36. The molecule has 6 heteroatoms. The Balaban J connectivity index is 2.40. The van der Waals surface area contributed by atoms with E-state index in [0.29, 0.717) is 19.6 Å². The fraction of sp³-hybridized carbons (Fsp3) is 0.900. The summed E-state index contributed by atoms with van der Waals surface area (Å²) in [4.78, 5) is 13.2. The van der Waals surface area contributed by atoms with Crippen LogP contribution in [0.2, 0.25) is 0 Å². The van der Waals surface area contributed by atoms with Crippen molar-refractivity contribution in [1.29, 1.82) is 0 Å². The van der Waals surface area contributed by atoms with Crippen LogP contribution in [0.4, 0.5) is 4.79 Å². The Labute approximate surface area is 97.1 Å². The number of rotatable bonds is 1. The molecule has 1 fully saturated rings. The number of nitrogens with one attached hydrogen (secondary N) is 1. The Hall–Kier alpha value is -0.780. The van der Waals surface area contributed by atoms with Gasteiger partial charge in [0.15, 0.2) is 9.84 Å². The minimum atomic E-state index is -2.91. The van der Waals surface area contributed by atoms with Crippen molar-refractivity contribution < 1.29 is 13.2 Å². The first kappa shape index (κ1) is 13.3. The molecule has 0 atom stereocenters. The molecule has 0 radical (unpaired) electrons. The van der Waals surface area contributed by atoms with Crippen LogP contribution in [0.3, 0.4) is 0 Å². The van der Waals surface area contributed by atoms with Gasteiger partial charge in [0.1, 0.15) is 0 Å². The monoisotopic (exact) mass is 248 g/mol. The SMILES string of the molecule is CC(C)(C)CNC(=O)N1CCS(=O)(=O)CC1. The summed E-state index contributed by atoms with van der Waals surface area (Å²) < 4.78 is 22.4. The molecular formula is C10H20N2O3S. The average Bonchev–Trinajstić information content (AvgIpc) is 2.13. The standard InChI is InChI=1S/C10H20N2O3S/c1-10(2,3)8-11-9(13)12-4-6-16(14,15)7-5-12/h4-8H2,1-3H3,(H,11,13). The maximum atomic E-state index is 11.7. The van der Waals surface area contributed by atoms with Crippen LogP contribution < -0.4 is 5.32 Å². The van der Waals surface area contributed by atoms with Gasteiger partial charge >= 0.3 is 6.03 Å². The topological polar surface area (TPSA) is 66.5 Å². The lowest BCUT2D eigenvalue weighted by molar-refractivity contribution is 0.197. The van der Waals surface area contributed by atoms with Crippen molar-refractivity contribution >= 4 is 15.9 Å². The van der Waals surface area contributed by atoms with Gasteiger partial charge in [-0.05, 0) is 5.41 Å². The molecule has 0 unspecified atom stereocenters. The molecule has 1 N–H and O–H groups in total. The van der Waals surface area contributed by atoms with Crippen LogP contribution in [-0.4, -0.2) is 50.5 Å².